The normalized spacial score (nSPS) is 11.9. The molecule has 2 rings (SSSR count). The number of nitrogens with one attached hydrogen (secondary N) is 2. The minimum Gasteiger partial charge on any atom is -0.376 e. The molecule has 0 bridgehead atoms. The van der Waals surface area contributed by atoms with Gasteiger partial charge in [-0.3, -0.25) is 4.79 Å². The molecule has 0 saturated carbocycles. The number of anilines is 1. The van der Waals surface area contributed by atoms with Crippen LogP contribution in [0, 0.1) is 6.92 Å². The first-order valence-corrected chi connectivity index (χ1v) is 10.6. The predicted molar refractivity (Wildman–Crippen MR) is 126 cm³/mol. The maximum absolute atomic E-state index is 12.0. The van der Waals surface area contributed by atoms with Crippen LogP contribution in [0.2, 0.25) is 0 Å². The zero-order chi connectivity index (χ0) is 20.7. The van der Waals surface area contributed by atoms with E-state index in [-0.39, 0.29) is 12.5 Å². The molecule has 0 saturated heterocycles. The summed E-state index contributed by atoms with van der Waals surface area (Å²) in [5, 5.41) is 7.11. The summed E-state index contributed by atoms with van der Waals surface area (Å²) in [6.45, 7) is 8.45. The van der Waals surface area contributed by atoms with Crippen molar-refractivity contribution in [1.82, 2.24) is 5.43 Å². The number of amides is 1. The number of hydrogen-bond acceptors (Lipinski definition) is 3. The van der Waals surface area contributed by atoms with Crippen molar-refractivity contribution in [3.8, 4) is 0 Å². The second-order valence-corrected chi connectivity index (χ2v) is 8.63. The van der Waals surface area contributed by atoms with Gasteiger partial charge in [-0.1, -0.05) is 76.0 Å². The lowest BCUT2D eigenvalue weighted by atomic mass is 10.0. The molecule has 0 unspecified atom stereocenters. The topological polar surface area (TPSA) is 53.5 Å². The minimum absolute atomic E-state index is 0.138. The number of rotatable bonds is 7. The van der Waals surface area contributed by atoms with Crippen LogP contribution >= 0.6 is 31.9 Å². The Morgan fingerprint density at radius 2 is 1.75 bits per heavy atom. The molecule has 0 heterocycles. The Kier molecular flexibility index (Phi) is 8.45. The predicted octanol–water partition coefficient (Wildman–Crippen LogP) is 6.26. The zero-order valence-corrected chi connectivity index (χ0v) is 19.7. The molecule has 0 aromatic heterocycles. The number of hydrazone groups is 1. The Labute approximate surface area is 183 Å². The molecule has 0 atom stereocenters. The van der Waals surface area contributed by atoms with Gasteiger partial charge < -0.3 is 5.32 Å². The van der Waals surface area contributed by atoms with Crippen LogP contribution in [-0.2, 0) is 4.79 Å². The van der Waals surface area contributed by atoms with E-state index in [1.165, 1.54) is 5.56 Å². The number of carbonyl (C=O) groups excluding carboxylic acids is 1. The molecular weight excluding hydrogens is 482 g/mol. The highest BCUT2D eigenvalue weighted by molar-refractivity contribution is 9.11. The Morgan fingerprint density at radius 1 is 1.14 bits per heavy atom. The van der Waals surface area contributed by atoms with Crippen molar-refractivity contribution in [3.63, 3.8) is 0 Å². The van der Waals surface area contributed by atoms with E-state index < -0.39 is 0 Å². The van der Waals surface area contributed by atoms with Crippen LogP contribution in [0.3, 0.4) is 0 Å². The van der Waals surface area contributed by atoms with Crippen LogP contribution in [0.4, 0.5) is 5.69 Å². The van der Waals surface area contributed by atoms with E-state index in [0.29, 0.717) is 5.92 Å². The number of halogens is 2. The van der Waals surface area contributed by atoms with Crippen LogP contribution in [0.1, 0.15) is 43.4 Å². The average molecular weight is 507 g/mol. The van der Waals surface area contributed by atoms with E-state index >= 15 is 0 Å². The van der Waals surface area contributed by atoms with Crippen molar-refractivity contribution in [1.29, 1.82) is 0 Å². The third kappa shape index (κ3) is 6.91. The van der Waals surface area contributed by atoms with Gasteiger partial charge in [0.1, 0.15) is 0 Å². The maximum atomic E-state index is 12.0. The van der Waals surface area contributed by atoms with E-state index in [9.17, 15) is 4.79 Å². The molecule has 0 aliphatic heterocycles. The first-order valence-electron chi connectivity index (χ1n) is 9.06. The maximum Gasteiger partial charge on any atom is 0.259 e. The van der Waals surface area contributed by atoms with E-state index in [2.05, 4.69) is 85.8 Å². The molecular formula is C22H25Br2N3O. The fraction of sp³-hybridized carbons (Fsp3) is 0.273. The highest BCUT2D eigenvalue weighted by Gasteiger charge is 2.05. The summed E-state index contributed by atoms with van der Waals surface area (Å²) < 4.78 is 1.95. The molecule has 0 aliphatic rings. The van der Waals surface area contributed by atoms with Gasteiger partial charge in [0.15, 0.2) is 0 Å². The summed E-state index contributed by atoms with van der Waals surface area (Å²) >= 11 is 7.00. The smallest absolute Gasteiger partial charge is 0.259 e. The van der Waals surface area contributed by atoms with E-state index in [0.717, 1.165) is 31.3 Å². The Bertz CT molecular complexity index is 864. The molecule has 2 N–H and O–H groups in total. The Morgan fingerprint density at radius 3 is 2.32 bits per heavy atom. The average Bonchev–Trinajstić information content (AvgIpc) is 2.64. The first kappa shape index (κ1) is 22.4. The van der Waals surface area contributed by atoms with Crippen LogP contribution in [0.5, 0.6) is 0 Å². The highest BCUT2D eigenvalue weighted by Crippen LogP contribution is 2.28. The molecule has 1 amide bonds. The van der Waals surface area contributed by atoms with Gasteiger partial charge in [0.2, 0.25) is 0 Å². The van der Waals surface area contributed by atoms with Gasteiger partial charge in [-0.2, -0.15) is 5.10 Å². The number of benzene rings is 2. The number of allylic oxidation sites excluding steroid dienone is 1. The first-order chi connectivity index (χ1) is 13.3. The highest BCUT2D eigenvalue weighted by atomic mass is 79.9. The summed E-state index contributed by atoms with van der Waals surface area (Å²) in [5.41, 5.74) is 7.88. The van der Waals surface area contributed by atoms with E-state index in [1.54, 1.807) is 6.21 Å². The lowest BCUT2D eigenvalue weighted by Gasteiger charge is -2.09. The quantitative estimate of drug-likeness (QED) is 0.344. The summed E-state index contributed by atoms with van der Waals surface area (Å²) in [5.74, 6) is 0.310. The summed E-state index contributed by atoms with van der Waals surface area (Å²) in [6.07, 6.45) is 3.67. The van der Waals surface area contributed by atoms with Crippen molar-refractivity contribution in [2.24, 2.45) is 5.10 Å². The third-order valence-electron chi connectivity index (χ3n) is 4.19. The molecule has 0 fully saturated rings. The lowest BCUT2D eigenvalue weighted by Crippen LogP contribution is -2.25. The largest absolute Gasteiger partial charge is 0.376 e. The molecule has 148 valence electrons. The van der Waals surface area contributed by atoms with Crippen LogP contribution in [0.15, 0.2) is 56.0 Å². The number of hydrogen-bond donors (Lipinski definition) is 2. The fourth-order valence-corrected chi connectivity index (χ4v) is 3.64. The third-order valence-corrected chi connectivity index (χ3v) is 5.84. The van der Waals surface area contributed by atoms with Gasteiger partial charge in [-0.25, -0.2) is 5.43 Å². The molecule has 4 nitrogen and oxygen atoms in total. The second kappa shape index (κ2) is 10.6. The summed E-state index contributed by atoms with van der Waals surface area (Å²) in [4.78, 5) is 12.0. The fourth-order valence-electron chi connectivity index (χ4n) is 2.45. The molecule has 6 heteroatoms. The van der Waals surface area contributed by atoms with Gasteiger partial charge >= 0.3 is 0 Å². The molecule has 0 aliphatic carbocycles. The summed E-state index contributed by atoms with van der Waals surface area (Å²) in [7, 11) is 0. The number of nitrogens with zero attached hydrogens (tertiary/aromatic N) is 1. The summed E-state index contributed by atoms with van der Waals surface area (Å²) in [6, 6.07) is 12.3. The van der Waals surface area contributed by atoms with Crippen LogP contribution < -0.4 is 10.7 Å². The Hall–Kier alpha value is -1.92. The van der Waals surface area contributed by atoms with Gasteiger partial charge in [0, 0.05) is 14.6 Å². The van der Waals surface area contributed by atoms with Crippen molar-refractivity contribution < 1.29 is 4.79 Å². The van der Waals surface area contributed by atoms with Gasteiger partial charge in [0.05, 0.1) is 12.8 Å². The van der Waals surface area contributed by atoms with E-state index in [4.69, 9.17) is 0 Å². The van der Waals surface area contributed by atoms with Crippen molar-refractivity contribution in [2.75, 3.05) is 11.9 Å². The molecule has 2 aromatic carbocycles. The van der Waals surface area contributed by atoms with Crippen molar-refractivity contribution in [3.05, 3.63) is 67.6 Å². The van der Waals surface area contributed by atoms with Gasteiger partial charge in [-0.05, 0) is 54.2 Å². The lowest BCUT2D eigenvalue weighted by molar-refractivity contribution is -0.119. The van der Waals surface area contributed by atoms with Gasteiger partial charge in [-0.15, -0.1) is 0 Å². The standard InChI is InChI=1S/C22H25Br2N3O/c1-14(2)18-7-5-17(6-8-18)9-15(3)12-26-27-22(28)13-25-19-10-20(23)16(4)21(24)11-19/h5-12,14,25H,13H2,1-4H3,(H,27,28)/b15-9+,26-12+. The SMILES string of the molecule is CC(/C=N/NC(=O)CNc1cc(Br)c(C)c(Br)c1)=C\c1ccc(C(C)C)cc1. The van der Waals surface area contributed by atoms with E-state index in [1.807, 2.05) is 32.1 Å². The second-order valence-electron chi connectivity index (χ2n) is 6.92. The van der Waals surface area contributed by atoms with Crippen LogP contribution in [0.25, 0.3) is 6.08 Å². The number of carbonyl (C=O) groups is 1. The monoisotopic (exact) mass is 505 g/mol. The van der Waals surface area contributed by atoms with Crippen molar-refractivity contribution in [2.45, 2.75) is 33.6 Å². The molecule has 0 radical (unpaired) electrons. The minimum atomic E-state index is -0.210. The molecule has 2 aromatic rings. The zero-order valence-electron chi connectivity index (χ0n) is 16.5. The van der Waals surface area contributed by atoms with Crippen LogP contribution in [-0.4, -0.2) is 18.7 Å². The molecule has 0 spiro atoms. The molecule has 28 heavy (non-hydrogen) atoms. The van der Waals surface area contributed by atoms with Gasteiger partial charge in [0.25, 0.3) is 5.91 Å². The Balaban J connectivity index is 1.85. The van der Waals surface area contributed by atoms with Crippen molar-refractivity contribution >= 4 is 55.7 Å².